The van der Waals surface area contributed by atoms with Crippen LogP contribution >= 0.6 is 0 Å². The molecule has 1 aliphatic heterocycles. The third-order valence-corrected chi connectivity index (χ3v) is 5.35. The molecular weight excluding hydrogens is 336 g/mol. The van der Waals surface area contributed by atoms with Gasteiger partial charge in [-0.15, -0.1) is 0 Å². The second-order valence-corrected chi connectivity index (χ2v) is 7.27. The van der Waals surface area contributed by atoms with Crippen molar-refractivity contribution in [1.29, 1.82) is 0 Å². The van der Waals surface area contributed by atoms with Crippen molar-refractivity contribution in [3.8, 4) is 11.5 Å². The second-order valence-electron chi connectivity index (χ2n) is 7.27. The van der Waals surface area contributed by atoms with Gasteiger partial charge in [0.1, 0.15) is 0 Å². The zero-order chi connectivity index (χ0) is 18.9. The number of nitrogens with one attached hydrogen (secondary N) is 1. The molecule has 0 bridgehead atoms. The first kappa shape index (κ1) is 19.7. The fraction of sp³-hybridized carbons (Fsp3) is 0.478. The van der Waals surface area contributed by atoms with E-state index in [0.29, 0.717) is 6.04 Å². The maximum atomic E-state index is 5.42. The number of ether oxygens (including phenoxy) is 2. The van der Waals surface area contributed by atoms with Crippen molar-refractivity contribution in [2.75, 3.05) is 40.4 Å². The van der Waals surface area contributed by atoms with Gasteiger partial charge in [0.25, 0.3) is 0 Å². The molecule has 3 rings (SSSR count). The second kappa shape index (κ2) is 10.3. The number of hydrogen-bond donors (Lipinski definition) is 1. The summed E-state index contributed by atoms with van der Waals surface area (Å²) in [4.78, 5) is 2.61. The first-order chi connectivity index (χ1) is 13.3. The van der Waals surface area contributed by atoms with E-state index in [2.05, 4.69) is 52.7 Å². The molecule has 1 saturated heterocycles. The molecule has 1 aliphatic rings. The van der Waals surface area contributed by atoms with Crippen LogP contribution in [0.5, 0.6) is 11.5 Å². The summed E-state index contributed by atoms with van der Waals surface area (Å²) in [7, 11) is 3.37. The Bertz CT molecular complexity index is 690. The number of rotatable bonds is 9. The quantitative estimate of drug-likeness (QED) is 0.734. The van der Waals surface area contributed by atoms with E-state index < -0.39 is 0 Å². The summed E-state index contributed by atoms with van der Waals surface area (Å²) in [6.07, 6.45) is 4.59. The molecular formula is C23H32N2O2. The maximum absolute atomic E-state index is 5.42. The highest BCUT2D eigenvalue weighted by molar-refractivity contribution is 5.42. The molecule has 2 aromatic carbocycles. The van der Waals surface area contributed by atoms with Gasteiger partial charge in [0.2, 0.25) is 0 Å². The Labute approximate surface area is 163 Å². The highest BCUT2D eigenvalue weighted by atomic mass is 16.5. The molecule has 1 atom stereocenters. The van der Waals surface area contributed by atoms with Gasteiger partial charge in [-0.1, -0.05) is 36.4 Å². The summed E-state index contributed by atoms with van der Waals surface area (Å²) in [6, 6.07) is 17.6. The molecule has 1 unspecified atom stereocenters. The van der Waals surface area contributed by atoms with E-state index in [4.69, 9.17) is 9.47 Å². The van der Waals surface area contributed by atoms with E-state index in [-0.39, 0.29) is 0 Å². The van der Waals surface area contributed by atoms with Gasteiger partial charge in [-0.3, -0.25) is 0 Å². The van der Waals surface area contributed by atoms with E-state index in [1.54, 1.807) is 14.2 Å². The summed E-state index contributed by atoms with van der Waals surface area (Å²) in [5, 5.41) is 3.68. The van der Waals surface area contributed by atoms with Crippen molar-refractivity contribution < 1.29 is 9.47 Å². The first-order valence-electron chi connectivity index (χ1n) is 9.99. The molecule has 0 radical (unpaired) electrons. The van der Waals surface area contributed by atoms with Crippen LogP contribution in [0, 0.1) is 0 Å². The number of aryl methyl sites for hydroxylation is 2. The maximum Gasteiger partial charge on any atom is 0.160 e. The largest absolute Gasteiger partial charge is 0.493 e. The van der Waals surface area contributed by atoms with Crippen molar-refractivity contribution in [3.63, 3.8) is 0 Å². The Hall–Kier alpha value is -2.04. The fourth-order valence-electron chi connectivity index (χ4n) is 3.82. The number of piperazine rings is 1. The van der Waals surface area contributed by atoms with Crippen molar-refractivity contribution in [3.05, 3.63) is 59.7 Å². The van der Waals surface area contributed by atoms with Crippen LogP contribution in [0.3, 0.4) is 0 Å². The predicted octanol–water partition coefficient (Wildman–Crippen LogP) is 3.54. The van der Waals surface area contributed by atoms with E-state index in [1.165, 1.54) is 30.5 Å². The first-order valence-corrected chi connectivity index (χ1v) is 9.99. The smallest absolute Gasteiger partial charge is 0.160 e. The SMILES string of the molecule is COc1ccc(CCC2CN(CCCc3ccccc3)CCN2)cc1OC. The Morgan fingerprint density at radius 1 is 0.963 bits per heavy atom. The van der Waals surface area contributed by atoms with Gasteiger partial charge in [0.05, 0.1) is 14.2 Å². The van der Waals surface area contributed by atoms with E-state index in [1.807, 2.05) is 6.07 Å². The van der Waals surface area contributed by atoms with Gasteiger partial charge in [-0.05, 0) is 55.5 Å². The van der Waals surface area contributed by atoms with Crippen molar-refractivity contribution in [1.82, 2.24) is 10.2 Å². The fourth-order valence-corrected chi connectivity index (χ4v) is 3.82. The van der Waals surface area contributed by atoms with Crippen LogP contribution in [0.1, 0.15) is 24.0 Å². The van der Waals surface area contributed by atoms with Crippen molar-refractivity contribution in [2.24, 2.45) is 0 Å². The van der Waals surface area contributed by atoms with Crippen LogP contribution in [0.2, 0.25) is 0 Å². The average molecular weight is 369 g/mol. The molecule has 4 nitrogen and oxygen atoms in total. The molecule has 0 saturated carbocycles. The minimum Gasteiger partial charge on any atom is -0.493 e. The number of benzene rings is 2. The number of hydrogen-bond acceptors (Lipinski definition) is 4. The Morgan fingerprint density at radius 2 is 1.78 bits per heavy atom. The van der Waals surface area contributed by atoms with Crippen LogP contribution in [0.15, 0.2) is 48.5 Å². The van der Waals surface area contributed by atoms with Crippen LogP contribution in [0.25, 0.3) is 0 Å². The molecule has 2 aromatic rings. The molecule has 1 heterocycles. The lowest BCUT2D eigenvalue weighted by Gasteiger charge is -2.34. The highest BCUT2D eigenvalue weighted by Gasteiger charge is 2.19. The van der Waals surface area contributed by atoms with Gasteiger partial charge in [-0.2, -0.15) is 0 Å². The van der Waals surface area contributed by atoms with Crippen LogP contribution in [0.4, 0.5) is 0 Å². The number of nitrogens with zero attached hydrogens (tertiary/aromatic N) is 1. The van der Waals surface area contributed by atoms with Crippen molar-refractivity contribution >= 4 is 0 Å². The Balaban J connectivity index is 1.43. The summed E-state index contributed by atoms with van der Waals surface area (Å²) in [5.74, 6) is 1.61. The van der Waals surface area contributed by atoms with Crippen LogP contribution in [-0.4, -0.2) is 51.3 Å². The average Bonchev–Trinajstić information content (AvgIpc) is 2.73. The summed E-state index contributed by atoms with van der Waals surface area (Å²) >= 11 is 0. The van der Waals surface area contributed by atoms with E-state index >= 15 is 0 Å². The van der Waals surface area contributed by atoms with Crippen LogP contribution < -0.4 is 14.8 Å². The van der Waals surface area contributed by atoms with Gasteiger partial charge in [0, 0.05) is 25.7 Å². The topological polar surface area (TPSA) is 33.7 Å². The summed E-state index contributed by atoms with van der Waals surface area (Å²) < 4.78 is 10.7. The lowest BCUT2D eigenvalue weighted by atomic mass is 10.0. The van der Waals surface area contributed by atoms with E-state index in [0.717, 1.165) is 44.0 Å². The normalized spacial score (nSPS) is 17.6. The van der Waals surface area contributed by atoms with Crippen LogP contribution in [-0.2, 0) is 12.8 Å². The molecule has 146 valence electrons. The monoisotopic (exact) mass is 368 g/mol. The number of methoxy groups -OCH3 is 2. The van der Waals surface area contributed by atoms with Gasteiger partial charge < -0.3 is 19.7 Å². The minimum absolute atomic E-state index is 0.559. The molecule has 27 heavy (non-hydrogen) atoms. The molecule has 0 spiro atoms. The molecule has 1 N–H and O–H groups in total. The zero-order valence-electron chi connectivity index (χ0n) is 16.6. The lowest BCUT2D eigenvalue weighted by molar-refractivity contribution is 0.193. The zero-order valence-corrected chi connectivity index (χ0v) is 16.6. The van der Waals surface area contributed by atoms with E-state index in [9.17, 15) is 0 Å². The van der Waals surface area contributed by atoms with Gasteiger partial charge >= 0.3 is 0 Å². The lowest BCUT2D eigenvalue weighted by Crippen LogP contribution is -2.50. The van der Waals surface area contributed by atoms with Gasteiger partial charge in [0.15, 0.2) is 11.5 Å². The minimum atomic E-state index is 0.559. The summed E-state index contributed by atoms with van der Waals surface area (Å²) in [6.45, 7) is 4.56. The predicted molar refractivity (Wildman–Crippen MR) is 111 cm³/mol. The Kier molecular flexibility index (Phi) is 7.55. The third-order valence-electron chi connectivity index (χ3n) is 5.35. The third kappa shape index (κ3) is 5.98. The molecule has 0 amide bonds. The van der Waals surface area contributed by atoms with Gasteiger partial charge in [-0.25, -0.2) is 0 Å². The summed E-state index contributed by atoms with van der Waals surface area (Å²) in [5.41, 5.74) is 2.74. The molecule has 0 aromatic heterocycles. The standard InChI is InChI=1S/C23H32N2O2/c1-26-22-13-11-20(17-23(22)27-2)10-12-21-18-25(16-14-24-21)15-6-9-19-7-4-3-5-8-19/h3-5,7-8,11,13,17,21,24H,6,9-10,12,14-16,18H2,1-2H3. The molecule has 4 heteroatoms. The highest BCUT2D eigenvalue weighted by Crippen LogP contribution is 2.28. The van der Waals surface area contributed by atoms with Crippen molar-refractivity contribution in [2.45, 2.75) is 31.7 Å². The molecule has 1 fully saturated rings. The Morgan fingerprint density at radius 3 is 2.56 bits per heavy atom. The molecule has 0 aliphatic carbocycles.